The molecule has 1 amide bonds. The molecule has 7 heteroatoms. The minimum Gasteiger partial charge on any atom is -0.309 e. The summed E-state index contributed by atoms with van der Waals surface area (Å²) in [5.74, 6) is -0.0640. The maximum absolute atomic E-state index is 13.1. The Morgan fingerprint density at radius 1 is 1.29 bits per heavy atom. The second-order valence-electron chi connectivity index (χ2n) is 6.26. The summed E-state index contributed by atoms with van der Waals surface area (Å²) in [5.41, 5.74) is 1.71. The zero-order chi connectivity index (χ0) is 18.1. The molecule has 1 aromatic rings. The van der Waals surface area contributed by atoms with Crippen molar-refractivity contribution in [1.29, 1.82) is 0 Å². The van der Waals surface area contributed by atoms with Crippen LogP contribution in [0.25, 0.3) is 0 Å². The van der Waals surface area contributed by atoms with Crippen LogP contribution in [-0.4, -0.2) is 37.8 Å². The van der Waals surface area contributed by atoms with Crippen molar-refractivity contribution < 1.29 is 13.2 Å². The Labute approximate surface area is 153 Å². The van der Waals surface area contributed by atoms with Crippen LogP contribution in [0.4, 0.5) is 5.69 Å². The Bertz CT molecular complexity index is 728. The summed E-state index contributed by atoms with van der Waals surface area (Å²) in [7, 11) is -3.60. The second kappa shape index (κ2) is 7.54. The van der Waals surface area contributed by atoms with E-state index in [0.717, 1.165) is 24.8 Å². The van der Waals surface area contributed by atoms with Gasteiger partial charge in [-0.15, -0.1) is 0 Å². The van der Waals surface area contributed by atoms with Crippen LogP contribution in [-0.2, 0) is 21.2 Å². The van der Waals surface area contributed by atoms with E-state index in [0.29, 0.717) is 23.2 Å². The normalized spacial score (nSPS) is 17.4. The van der Waals surface area contributed by atoms with Gasteiger partial charge in [0.15, 0.2) is 0 Å². The topological polar surface area (TPSA) is 57.7 Å². The minimum atomic E-state index is -3.60. The third-order valence-corrected chi connectivity index (χ3v) is 7.11. The van der Waals surface area contributed by atoms with Crippen LogP contribution in [0.1, 0.15) is 46.1 Å². The van der Waals surface area contributed by atoms with Crippen molar-refractivity contribution >= 4 is 37.5 Å². The molecule has 2 rings (SSSR count). The molecule has 134 valence electrons. The molecule has 1 heterocycles. The van der Waals surface area contributed by atoms with Crippen molar-refractivity contribution in [3.63, 3.8) is 0 Å². The molecule has 1 aliphatic rings. The number of rotatable bonds is 6. The number of anilines is 1. The van der Waals surface area contributed by atoms with Crippen molar-refractivity contribution in [2.24, 2.45) is 0 Å². The SMILES string of the molecule is CCCN(CCC)S(=O)(=O)c1cc2c(cc1Br)C[C@H](C)N2C(C)=O. The number of carbonyl (C=O) groups excluding carboxylic acids is 1. The number of sulfonamides is 1. The Balaban J connectivity index is 2.54. The van der Waals surface area contributed by atoms with E-state index >= 15 is 0 Å². The monoisotopic (exact) mass is 416 g/mol. The number of halogens is 1. The summed E-state index contributed by atoms with van der Waals surface area (Å²) in [6.07, 6.45) is 2.26. The van der Waals surface area contributed by atoms with Gasteiger partial charge in [-0.1, -0.05) is 13.8 Å². The average molecular weight is 417 g/mol. The molecule has 0 fully saturated rings. The molecule has 0 aromatic heterocycles. The number of benzene rings is 1. The molecule has 24 heavy (non-hydrogen) atoms. The van der Waals surface area contributed by atoms with E-state index in [1.54, 1.807) is 11.0 Å². The smallest absolute Gasteiger partial charge is 0.244 e. The fraction of sp³-hybridized carbons (Fsp3) is 0.588. The largest absolute Gasteiger partial charge is 0.309 e. The molecule has 0 radical (unpaired) electrons. The average Bonchev–Trinajstić information content (AvgIpc) is 2.80. The van der Waals surface area contributed by atoms with E-state index in [9.17, 15) is 13.2 Å². The van der Waals surface area contributed by atoms with Crippen LogP contribution in [0, 0.1) is 0 Å². The van der Waals surface area contributed by atoms with Crippen LogP contribution in [0.5, 0.6) is 0 Å². The maximum Gasteiger partial charge on any atom is 0.244 e. The first-order chi connectivity index (χ1) is 11.2. The van der Waals surface area contributed by atoms with Crippen molar-refractivity contribution in [2.75, 3.05) is 18.0 Å². The molecular formula is C17H25BrN2O3S. The molecule has 0 unspecified atom stereocenters. The fourth-order valence-electron chi connectivity index (χ4n) is 3.29. The summed E-state index contributed by atoms with van der Waals surface area (Å²) >= 11 is 3.42. The van der Waals surface area contributed by atoms with Crippen LogP contribution in [0.15, 0.2) is 21.5 Å². The van der Waals surface area contributed by atoms with E-state index < -0.39 is 10.0 Å². The lowest BCUT2D eigenvalue weighted by Crippen LogP contribution is -2.34. The lowest BCUT2D eigenvalue weighted by atomic mass is 10.1. The highest BCUT2D eigenvalue weighted by atomic mass is 79.9. The van der Waals surface area contributed by atoms with Crippen molar-refractivity contribution in [3.05, 3.63) is 22.2 Å². The van der Waals surface area contributed by atoms with Crippen LogP contribution in [0.3, 0.4) is 0 Å². The van der Waals surface area contributed by atoms with Gasteiger partial charge >= 0.3 is 0 Å². The molecule has 1 aromatic carbocycles. The van der Waals surface area contributed by atoms with Gasteiger partial charge in [-0.05, 0) is 59.8 Å². The Morgan fingerprint density at radius 2 is 1.88 bits per heavy atom. The van der Waals surface area contributed by atoms with Crippen molar-refractivity contribution in [1.82, 2.24) is 4.31 Å². The Hall–Kier alpha value is -0.920. The summed E-state index contributed by atoms with van der Waals surface area (Å²) in [6.45, 7) is 8.41. The van der Waals surface area contributed by atoms with E-state index in [2.05, 4.69) is 15.9 Å². The molecule has 1 aliphatic heterocycles. The fourth-order valence-corrected chi connectivity index (χ4v) is 5.98. The first-order valence-electron chi connectivity index (χ1n) is 8.36. The van der Waals surface area contributed by atoms with Gasteiger partial charge in [-0.25, -0.2) is 8.42 Å². The molecule has 0 N–H and O–H groups in total. The summed E-state index contributed by atoms with van der Waals surface area (Å²) in [5, 5.41) is 0. The summed E-state index contributed by atoms with van der Waals surface area (Å²) < 4.78 is 28.3. The number of nitrogens with zero attached hydrogens (tertiary/aromatic N) is 2. The molecule has 0 bridgehead atoms. The van der Waals surface area contributed by atoms with Crippen LogP contribution < -0.4 is 4.90 Å². The maximum atomic E-state index is 13.1. The van der Waals surface area contributed by atoms with Gasteiger partial charge in [-0.2, -0.15) is 4.31 Å². The van der Waals surface area contributed by atoms with E-state index in [4.69, 9.17) is 0 Å². The van der Waals surface area contributed by atoms with Gasteiger partial charge in [0.2, 0.25) is 15.9 Å². The van der Waals surface area contributed by atoms with E-state index in [-0.39, 0.29) is 16.8 Å². The molecule has 0 aliphatic carbocycles. The Kier molecular flexibility index (Phi) is 6.09. The lowest BCUT2D eigenvalue weighted by molar-refractivity contribution is -0.116. The highest BCUT2D eigenvalue weighted by molar-refractivity contribution is 9.10. The highest BCUT2D eigenvalue weighted by Crippen LogP contribution is 2.38. The number of amides is 1. The Morgan fingerprint density at radius 3 is 2.38 bits per heavy atom. The van der Waals surface area contributed by atoms with Gasteiger partial charge < -0.3 is 4.90 Å². The first kappa shape index (κ1) is 19.4. The molecule has 0 saturated heterocycles. The van der Waals surface area contributed by atoms with Gasteiger partial charge in [0.1, 0.15) is 0 Å². The van der Waals surface area contributed by atoms with Gasteiger partial charge in [-0.3, -0.25) is 4.79 Å². The zero-order valence-corrected chi connectivity index (χ0v) is 17.1. The van der Waals surface area contributed by atoms with Gasteiger partial charge in [0.05, 0.1) is 4.90 Å². The molecule has 0 spiro atoms. The lowest BCUT2D eigenvalue weighted by Gasteiger charge is -2.24. The predicted molar refractivity (Wildman–Crippen MR) is 99.8 cm³/mol. The summed E-state index contributed by atoms with van der Waals surface area (Å²) in [6, 6.07) is 3.54. The first-order valence-corrected chi connectivity index (χ1v) is 10.6. The van der Waals surface area contributed by atoms with Gasteiger partial charge in [0.25, 0.3) is 0 Å². The number of hydrogen-bond donors (Lipinski definition) is 0. The van der Waals surface area contributed by atoms with Crippen LogP contribution in [0.2, 0.25) is 0 Å². The number of hydrogen-bond acceptors (Lipinski definition) is 3. The third-order valence-electron chi connectivity index (χ3n) is 4.25. The van der Waals surface area contributed by atoms with Crippen molar-refractivity contribution in [3.8, 4) is 0 Å². The van der Waals surface area contributed by atoms with Crippen molar-refractivity contribution in [2.45, 2.75) is 57.9 Å². The van der Waals surface area contributed by atoms with E-state index in [1.807, 2.05) is 26.8 Å². The molecule has 0 saturated carbocycles. The van der Waals surface area contributed by atoms with E-state index in [1.165, 1.54) is 11.2 Å². The standard InChI is InChI=1S/C17H25BrN2O3S/c1-5-7-19(8-6-2)24(22,23)17-11-16-14(10-15(17)18)9-12(3)20(16)13(4)21/h10-12H,5-9H2,1-4H3/t12-/m0/s1. The zero-order valence-electron chi connectivity index (χ0n) is 14.7. The minimum absolute atomic E-state index is 0.0461. The molecular weight excluding hydrogens is 392 g/mol. The number of fused-ring (bicyclic) bond motifs is 1. The third kappa shape index (κ3) is 3.53. The predicted octanol–water partition coefficient (Wildman–Crippen LogP) is 3.56. The molecule has 5 nitrogen and oxygen atoms in total. The summed E-state index contributed by atoms with van der Waals surface area (Å²) in [4.78, 5) is 13.9. The van der Waals surface area contributed by atoms with Crippen LogP contribution >= 0.6 is 15.9 Å². The van der Waals surface area contributed by atoms with Gasteiger partial charge in [0, 0.05) is 36.2 Å². The number of carbonyl (C=O) groups is 1. The molecule has 1 atom stereocenters. The second-order valence-corrected chi connectivity index (χ2v) is 9.02. The highest BCUT2D eigenvalue weighted by Gasteiger charge is 2.33. The quantitative estimate of drug-likeness (QED) is 0.711.